The number of halogens is 2. The molecule has 0 bridgehead atoms. The van der Waals surface area contributed by atoms with Gasteiger partial charge < -0.3 is 15.7 Å². The first-order valence-electron chi connectivity index (χ1n) is 8.16. The number of hydrogen-bond acceptors (Lipinski definition) is 3. The Morgan fingerprint density at radius 2 is 1.88 bits per heavy atom. The van der Waals surface area contributed by atoms with Crippen LogP contribution >= 0.6 is 0 Å². The van der Waals surface area contributed by atoms with E-state index in [1.54, 1.807) is 0 Å². The SMILES string of the molecule is O=C(CCCNC(=O)c1ccc(F)cc1F)NC1CCC(O)CC1. The second-order valence-corrected chi connectivity index (χ2v) is 6.06. The maximum Gasteiger partial charge on any atom is 0.254 e. The lowest BCUT2D eigenvalue weighted by atomic mass is 9.93. The van der Waals surface area contributed by atoms with Gasteiger partial charge in [0.1, 0.15) is 11.6 Å². The van der Waals surface area contributed by atoms with E-state index < -0.39 is 17.5 Å². The van der Waals surface area contributed by atoms with Gasteiger partial charge in [-0.05, 0) is 44.2 Å². The summed E-state index contributed by atoms with van der Waals surface area (Å²) in [5.41, 5.74) is -0.221. The fourth-order valence-electron chi connectivity index (χ4n) is 2.74. The molecule has 0 atom stereocenters. The van der Waals surface area contributed by atoms with Crippen molar-refractivity contribution in [2.24, 2.45) is 0 Å². The Bertz CT molecular complexity index is 587. The third-order valence-corrected chi connectivity index (χ3v) is 4.10. The van der Waals surface area contributed by atoms with Crippen LogP contribution in [0.25, 0.3) is 0 Å². The van der Waals surface area contributed by atoms with Gasteiger partial charge in [-0.1, -0.05) is 0 Å². The highest BCUT2D eigenvalue weighted by molar-refractivity contribution is 5.94. The fraction of sp³-hybridized carbons (Fsp3) is 0.529. The Morgan fingerprint density at radius 3 is 2.54 bits per heavy atom. The van der Waals surface area contributed by atoms with Crippen LogP contribution in [0.4, 0.5) is 8.78 Å². The van der Waals surface area contributed by atoms with Gasteiger partial charge in [0.15, 0.2) is 0 Å². The quantitative estimate of drug-likeness (QED) is 0.692. The van der Waals surface area contributed by atoms with Crippen LogP contribution < -0.4 is 10.6 Å². The summed E-state index contributed by atoms with van der Waals surface area (Å²) in [7, 11) is 0. The van der Waals surface area contributed by atoms with E-state index in [4.69, 9.17) is 0 Å². The molecular formula is C17H22F2N2O3. The summed E-state index contributed by atoms with van der Waals surface area (Å²) in [6.07, 6.45) is 3.36. The van der Waals surface area contributed by atoms with Gasteiger partial charge in [0, 0.05) is 25.1 Å². The van der Waals surface area contributed by atoms with E-state index in [2.05, 4.69) is 10.6 Å². The summed E-state index contributed by atoms with van der Waals surface area (Å²) in [6, 6.07) is 2.86. The van der Waals surface area contributed by atoms with Crippen molar-refractivity contribution in [2.75, 3.05) is 6.54 Å². The lowest BCUT2D eigenvalue weighted by Gasteiger charge is -2.26. The van der Waals surface area contributed by atoms with Crippen molar-refractivity contribution in [1.29, 1.82) is 0 Å². The molecule has 1 aromatic carbocycles. The molecule has 0 spiro atoms. The molecule has 0 radical (unpaired) electrons. The summed E-state index contributed by atoms with van der Waals surface area (Å²) in [4.78, 5) is 23.6. The molecule has 132 valence electrons. The van der Waals surface area contributed by atoms with E-state index >= 15 is 0 Å². The maximum absolute atomic E-state index is 13.4. The van der Waals surface area contributed by atoms with Gasteiger partial charge in [-0.25, -0.2) is 8.78 Å². The number of aliphatic hydroxyl groups excluding tert-OH is 1. The summed E-state index contributed by atoms with van der Waals surface area (Å²) < 4.78 is 26.2. The van der Waals surface area contributed by atoms with Crippen molar-refractivity contribution in [1.82, 2.24) is 10.6 Å². The average molecular weight is 340 g/mol. The van der Waals surface area contributed by atoms with E-state index in [-0.39, 0.29) is 36.6 Å². The van der Waals surface area contributed by atoms with E-state index in [0.717, 1.165) is 25.0 Å². The monoisotopic (exact) mass is 340 g/mol. The van der Waals surface area contributed by atoms with Crippen molar-refractivity contribution in [3.8, 4) is 0 Å². The van der Waals surface area contributed by atoms with Gasteiger partial charge in [-0.3, -0.25) is 9.59 Å². The van der Waals surface area contributed by atoms with Crippen LogP contribution in [0.2, 0.25) is 0 Å². The zero-order chi connectivity index (χ0) is 17.5. The fourth-order valence-corrected chi connectivity index (χ4v) is 2.74. The average Bonchev–Trinajstić information content (AvgIpc) is 2.53. The second-order valence-electron chi connectivity index (χ2n) is 6.06. The van der Waals surface area contributed by atoms with Crippen LogP contribution in [0.15, 0.2) is 18.2 Å². The number of nitrogens with one attached hydrogen (secondary N) is 2. The Kier molecular flexibility index (Phi) is 6.66. The minimum absolute atomic E-state index is 0.0985. The van der Waals surface area contributed by atoms with E-state index in [0.29, 0.717) is 25.3 Å². The van der Waals surface area contributed by atoms with Gasteiger partial charge >= 0.3 is 0 Å². The predicted molar refractivity (Wildman–Crippen MR) is 84.3 cm³/mol. The van der Waals surface area contributed by atoms with Crippen LogP contribution in [-0.2, 0) is 4.79 Å². The summed E-state index contributed by atoms with van der Waals surface area (Å²) in [5.74, 6) is -2.38. The predicted octanol–water partition coefficient (Wildman–Crippen LogP) is 1.89. The topological polar surface area (TPSA) is 78.4 Å². The number of carbonyl (C=O) groups excluding carboxylic acids is 2. The van der Waals surface area contributed by atoms with Crippen molar-refractivity contribution >= 4 is 11.8 Å². The molecule has 1 saturated carbocycles. The number of rotatable bonds is 6. The van der Waals surface area contributed by atoms with Crippen LogP contribution in [0.3, 0.4) is 0 Å². The molecule has 1 aliphatic carbocycles. The zero-order valence-electron chi connectivity index (χ0n) is 13.4. The Labute approximate surface area is 139 Å². The highest BCUT2D eigenvalue weighted by atomic mass is 19.1. The third kappa shape index (κ3) is 5.56. The van der Waals surface area contributed by atoms with Crippen LogP contribution in [0.5, 0.6) is 0 Å². The van der Waals surface area contributed by atoms with E-state index in [9.17, 15) is 23.5 Å². The van der Waals surface area contributed by atoms with Crippen molar-refractivity contribution in [3.05, 3.63) is 35.4 Å². The molecule has 1 aliphatic rings. The highest BCUT2D eigenvalue weighted by Gasteiger charge is 2.20. The molecule has 1 fully saturated rings. The first-order valence-corrected chi connectivity index (χ1v) is 8.16. The van der Waals surface area contributed by atoms with Crippen molar-refractivity contribution in [3.63, 3.8) is 0 Å². The Morgan fingerprint density at radius 1 is 1.17 bits per heavy atom. The molecule has 1 aromatic rings. The van der Waals surface area contributed by atoms with Gasteiger partial charge in [0.25, 0.3) is 5.91 Å². The van der Waals surface area contributed by atoms with E-state index in [1.165, 1.54) is 0 Å². The van der Waals surface area contributed by atoms with E-state index in [1.807, 2.05) is 0 Å². The normalized spacial score (nSPS) is 20.5. The smallest absolute Gasteiger partial charge is 0.254 e. The number of benzene rings is 1. The molecular weight excluding hydrogens is 318 g/mol. The summed E-state index contributed by atoms with van der Waals surface area (Å²) in [5, 5.41) is 14.8. The summed E-state index contributed by atoms with van der Waals surface area (Å²) >= 11 is 0. The second kappa shape index (κ2) is 8.73. The molecule has 0 unspecified atom stereocenters. The number of hydrogen-bond donors (Lipinski definition) is 3. The molecule has 0 saturated heterocycles. The lowest BCUT2D eigenvalue weighted by Crippen LogP contribution is -2.38. The molecule has 0 aliphatic heterocycles. The Hall–Kier alpha value is -2.02. The van der Waals surface area contributed by atoms with Gasteiger partial charge in [-0.2, -0.15) is 0 Å². The first-order chi connectivity index (χ1) is 11.5. The highest BCUT2D eigenvalue weighted by Crippen LogP contribution is 2.18. The molecule has 24 heavy (non-hydrogen) atoms. The molecule has 0 heterocycles. The van der Waals surface area contributed by atoms with Gasteiger partial charge in [-0.15, -0.1) is 0 Å². The number of amides is 2. The standard InChI is InChI=1S/C17H22F2N2O3/c18-11-3-8-14(15(19)10-11)17(24)20-9-1-2-16(23)21-12-4-6-13(22)7-5-12/h3,8,10,12-13,22H,1-2,4-7,9H2,(H,20,24)(H,21,23). The van der Waals surface area contributed by atoms with Crippen LogP contribution in [0.1, 0.15) is 48.9 Å². The molecule has 5 nitrogen and oxygen atoms in total. The molecule has 0 aromatic heterocycles. The third-order valence-electron chi connectivity index (χ3n) is 4.10. The zero-order valence-corrected chi connectivity index (χ0v) is 13.4. The van der Waals surface area contributed by atoms with Crippen LogP contribution in [-0.4, -0.2) is 35.6 Å². The van der Waals surface area contributed by atoms with Gasteiger partial charge in [0.05, 0.1) is 11.7 Å². The van der Waals surface area contributed by atoms with Gasteiger partial charge in [0.2, 0.25) is 5.91 Å². The first kappa shape index (κ1) is 18.3. The Balaban J connectivity index is 1.65. The molecule has 2 rings (SSSR count). The number of aliphatic hydroxyl groups is 1. The van der Waals surface area contributed by atoms with Crippen molar-refractivity contribution in [2.45, 2.75) is 50.7 Å². The molecule has 2 amide bonds. The minimum Gasteiger partial charge on any atom is -0.393 e. The minimum atomic E-state index is -0.912. The van der Waals surface area contributed by atoms with Crippen LogP contribution in [0, 0.1) is 11.6 Å². The van der Waals surface area contributed by atoms with Crippen molar-refractivity contribution < 1.29 is 23.5 Å². The molecule has 7 heteroatoms. The number of carbonyl (C=O) groups is 2. The largest absolute Gasteiger partial charge is 0.393 e. The lowest BCUT2D eigenvalue weighted by molar-refractivity contribution is -0.122. The maximum atomic E-state index is 13.4. The summed E-state index contributed by atoms with van der Waals surface area (Å²) in [6.45, 7) is 0.229. The molecule has 3 N–H and O–H groups in total.